The van der Waals surface area contributed by atoms with Crippen molar-refractivity contribution in [2.45, 2.75) is 96.1 Å². The number of aliphatic hydroxyl groups is 1. The summed E-state index contributed by atoms with van der Waals surface area (Å²) in [6.07, 6.45) is 35.1. The van der Waals surface area contributed by atoms with Crippen molar-refractivity contribution >= 4 is 11.9 Å². The van der Waals surface area contributed by atoms with E-state index in [1.165, 1.54) is 16.7 Å². The molecule has 0 spiro atoms. The van der Waals surface area contributed by atoms with E-state index in [2.05, 4.69) is 122 Å². The van der Waals surface area contributed by atoms with Crippen molar-refractivity contribution in [3.05, 3.63) is 131 Å². The van der Waals surface area contributed by atoms with Crippen molar-refractivity contribution in [1.82, 2.24) is 5.32 Å². The number of allylic oxidation sites excluding steroid dienone is 10. The zero-order valence-electron chi connectivity index (χ0n) is 28.0. The standard InChI is InChI=1S/C43H53NO2/c1-4-37(29-28-36-21-12-11-20-35-23-17-31-44-41(35)36)43(30-15-7-8-18-32(2)45,38-24-9-5-6-10-25-38)42(46)33(3)39-27-16-22-34-19-13-14-26-40(34)39/h5,9-11,13-14,16-17,19-26,32-33,35,39,41,44-45H,1,6-8,12,15,18,27-31H2,2-3H3/t32-,33?,35?,39?,41?,43?/m1/s1. The van der Waals surface area contributed by atoms with Gasteiger partial charge >= 0.3 is 0 Å². The van der Waals surface area contributed by atoms with Crippen LogP contribution in [0.25, 0.3) is 6.08 Å². The number of carbonyl (C=O) groups is 1. The van der Waals surface area contributed by atoms with E-state index in [1.807, 2.05) is 6.92 Å². The average molecular weight is 616 g/mol. The fraction of sp³-hybridized carbons (Fsp3) is 0.442. The molecule has 0 radical (unpaired) electrons. The number of hydrogen-bond acceptors (Lipinski definition) is 3. The lowest BCUT2D eigenvalue weighted by atomic mass is 9.60. The number of aliphatic hydroxyl groups excluding tert-OH is 1. The number of carbonyl (C=O) groups excluding carboxylic acids is 1. The lowest BCUT2D eigenvalue weighted by Gasteiger charge is -2.40. The van der Waals surface area contributed by atoms with Crippen LogP contribution in [-0.2, 0) is 4.79 Å². The quantitative estimate of drug-likeness (QED) is 0.124. The predicted molar refractivity (Wildman–Crippen MR) is 193 cm³/mol. The summed E-state index contributed by atoms with van der Waals surface area (Å²) in [7, 11) is 0. The van der Waals surface area contributed by atoms with Gasteiger partial charge in [-0.25, -0.2) is 0 Å². The van der Waals surface area contributed by atoms with Gasteiger partial charge in [0.2, 0.25) is 0 Å². The predicted octanol–water partition coefficient (Wildman–Crippen LogP) is 9.67. The van der Waals surface area contributed by atoms with Gasteiger partial charge < -0.3 is 10.4 Å². The summed E-state index contributed by atoms with van der Waals surface area (Å²) in [5.41, 5.74) is 8.58. The van der Waals surface area contributed by atoms with E-state index in [9.17, 15) is 5.11 Å². The summed E-state index contributed by atoms with van der Waals surface area (Å²) in [6, 6.07) is 8.84. The molecule has 0 saturated carbocycles. The van der Waals surface area contributed by atoms with Gasteiger partial charge in [-0.1, -0.05) is 136 Å². The molecule has 5 rings (SSSR count). The van der Waals surface area contributed by atoms with Crippen molar-refractivity contribution in [2.24, 2.45) is 17.3 Å². The molecule has 1 heterocycles. The molecule has 3 nitrogen and oxygen atoms in total. The third-order valence-electron chi connectivity index (χ3n) is 10.5. The van der Waals surface area contributed by atoms with E-state index in [0.717, 1.165) is 81.9 Å². The molecule has 3 aliphatic carbocycles. The molecule has 0 aromatic heterocycles. The van der Waals surface area contributed by atoms with Gasteiger partial charge in [-0.15, -0.1) is 5.73 Å². The Hall–Kier alpha value is -3.49. The smallest absolute Gasteiger partial charge is 0.151 e. The van der Waals surface area contributed by atoms with Gasteiger partial charge in [0.25, 0.3) is 0 Å². The Morgan fingerprint density at radius 2 is 1.89 bits per heavy atom. The van der Waals surface area contributed by atoms with E-state index in [0.29, 0.717) is 5.92 Å². The van der Waals surface area contributed by atoms with Gasteiger partial charge in [0.1, 0.15) is 0 Å². The minimum absolute atomic E-state index is 0.120. The summed E-state index contributed by atoms with van der Waals surface area (Å²) < 4.78 is 0. The molecule has 1 aromatic rings. The van der Waals surface area contributed by atoms with Crippen molar-refractivity contribution in [3.63, 3.8) is 0 Å². The second-order valence-electron chi connectivity index (χ2n) is 13.6. The van der Waals surface area contributed by atoms with Crippen LogP contribution in [0.2, 0.25) is 0 Å². The normalized spacial score (nSPS) is 24.3. The van der Waals surface area contributed by atoms with Gasteiger partial charge in [0.15, 0.2) is 5.78 Å². The molecule has 46 heavy (non-hydrogen) atoms. The summed E-state index contributed by atoms with van der Waals surface area (Å²) in [4.78, 5) is 15.5. The lowest BCUT2D eigenvalue weighted by molar-refractivity contribution is -0.129. The third kappa shape index (κ3) is 7.72. The molecule has 0 fully saturated rings. The maximum atomic E-state index is 15.5. The highest BCUT2D eigenvalue weighted by Gasteiger charge is 2.47. The molecule has 0 saturated heterocycles. The van der Waals surface area contributed by atoms with Crippen LogP contribution in [0.1, 0.15) is 95.1 Å². The molecule has 242 valence electrons. The van der Waals surface area contributed by atoms with Crippen molar-refractivity contribution in [2.75, 3.05) is 6.54 Å². The summed E-state index contributed by atoms with van der Waals surface area (Å²) >= 11 is 0. The van der Waals surface area contributed by atoms with Gasteiger partial charge in [0, 0.05) is 24.4 Å². The fourth-order valence-electron chi connectivity index (χ4n) is 8.05. The van der Waals surface area contributed by atoms with Gasteiger partial charge in [-0.3, -0.25) is 4.79 Å². The van der Waals surface area contributed by atoms with Gasteiger partial charge in [0.05, 0.1) is 11.5 Å². The van der Waals surface area contributed by atoms with Crippen LogP contribution >= 0.6 is 0 Å². The monoisotopic (exact) mass is 615 g/mol. The molecule has 0 amide bonds. The number of rotatable bonds is 14. The summed E-state index contributed by atoms with van der Waals surface area (Å²) in [6.45, 7) is 9.18. The van der Waals surface area contributed by atoms with Crippen LogP contribution in [-0.4, -0.2) is 29.6 Å². The first-order valence-corrected chi connectivity index (χ1v) is 17.6. The lowest BCUT2D eigenvalue weighted by Crippen LogP contribution is -2.41. The second kappa shape index (κ2) is 16.4. The zero-order valence-corrected chi connectivity index (χ0v) is 28.0. The van der Waals surface area contributed by atoms with Gasteiger partial charge in [-0.05, 0) is 80.1 Å². The van der Waals surface area contributed by atoms with E-state index in [1.54, 1.807) is 0 Å². The number of fused-ring (bicyclic) bond motifs is 2. The van der Waals surface area contributed by atoms with Crippen LogP contribution in [0.5, 0.6) is 0 Å². The second-order valence-corrected chi connectivity index (χ2v) is 13.6. The molecule has 0 bridgehead atoms. The summed E-state index contributed by atoms with van der Waals surface area (Å²) in [5.74, 6) is 0.568. The van der Waals surface area contributed by atoms with E-state index in [4.69, 9.17) is 0 Å². The maximum absolute atomic E-state index is 15.5. The van der Waals surface area contributed by atoms with E-state index in [-0.39, 0.29) is 29.8 Å². The average Bonchev–Trinajstić information content (AvgIpc) is 3.48. The Balaban J connectivity index is 1.53. The number of Topliss-reactive ketones (excluding diaryl/α,β-unsaturated/α-hetero) is 1. The molecular formula is C43H53NO2. The molecule has 6 atom stereocenters. The van der Waals surface area contributed by atoms with Crippen LogP contribution in [0.4, 0.5) is 0 Å². The Labute approximate surface area is 277 Å². The molecule has 2 N–H and O–H groups in total. The first-order chi connectivity index (χ1) is 22.5. The number of nitrogens with one attached hydrogen (secondary N) is 1. The third-order valence-corrected chi connectivity index (χ3v) is 10.5. The largest absolute Gasteiger partial charge is 0.393 e. The highest BCUT2D eigenvalue weighted by Crippen LogP contribution is 2.50. The van der Waals surface area contributed by atoms with Crippen LogP contribution in [0.15, 0.2) is 120 Å². The fourth-order valence-corrected chi connectivity index (χ4v) is 8.05. The molecule has 4 aliphatic rings. The number of hydrogen-bond donors (Lipinski definition) is 2. The minimum atomic E-state index is -0.823. The van der Waals surface area contributed by atoms with Crippen molar-refractivity contribution in [3.8, 4) is 0 Å². The van der Waals surface area contributed by atoms with Crippen LogP contribution in [0, 0.1) is 17.3 Å². The molecule has 5 unspecified atom stereocenters. The van der Waals surface area contributed by atoms with E-state index >= 15 is 4.79 Å². The highest BCUT2D eigenvalue weighted by molar-refractivity contribution is 5.94. The number of benzene rings is 1. The molecular weight excluding hydrogens is 562 g/mol. The molecule has 3 heteroatoms. The topological polar surface area (TPSA) is 49.3 Å². The van der Waals surface area contributed by atoms with Crippen LogP contribution < -0.4 is 5.32 Å². The number of unbranched alkanes of at least 4 members (excludes halogenated alkanes) is 2. The minimum Gasteiger partial charge on any atom is -0.393 e. The van der Waals surface area contributed by atoms with Crippen LogP contribution in [0.3, 0.4) is 0 Å². The van der Waals surface area contributed by atoms with Crippen molar-refractivity contribution < 1.29 is 9.90 Å². The van der Waals surface area contributed by atoms with Crippen molar-refractivity contribution in [1.29, 1.82) is 0 Å². The first kappa shape index (κ1) is 33.9. The molecule has 1 aliphatic heterocycles. The highest BCUT2D eigenvalue weighted by atomic mass is 16.3. The maximum Gasteiger partial charge on any atom is 0.151 e. The van der Waals surface area contributed by atoms with E-state index < -0.39 is 5.41 Å². The first-order valence-electron chi connectivity index (χ1n) is 17.6. The SMILES string of the molecule is C=C=C(CCC1=CCC=CC2C=CCNC12)C(CCCCC[C@@H](C)O)(C(=O)C(C)C1CC=Cc2ccccc21)C1=CC=CCC=C1. The Morgan fingerprint density at radius 3 is 2.74 bits per heavy atom. The zero-order chi connectivity index (χ0) is 32.4. The van der Waals surface area contributed by atoms with Gasteiger partial charge in [-0.2, -0.15) is 0 Å². The number of ketones is 1. The Kier molecular flexibility index (Phi) is 12.0. The Bertz CT molecular complexity index is 1490. The molecule has 1 aromatic carbocycles. The Morgan fingerprint density at radius 1 is 1.04 bits per heavy atom. The summed E-state index contributed by atoms with van der Waals surface area (Å²) in [5, 5.41) is 13.7.